The Bertz CT molecular complexity index is 820. The van der Waals surface area contributed by atoms with Crippen LogP contribution < -0.4 is 5.32 Å². The van der Waals surface area contributed by atoms with Gasteiger partial charge in [-0.1, -0.05) is 19.1 Å². The summed E-state index contributed by atoms with van der Waals surface area (Å²) in [6.45, 7) is 6.69. The molecule has 1 saturated heterocycles. The van der Waals surface area contributed by atoms with Crippen LogP contribution in [-0.2, 0) is 9.53 Å². The number of nitro benzene ring substituents is 1. The molecule has 9 heteroatoms. The maximum atomic E-state index is 13.4. The van der Waals surface area contributed by atoms with Gasteiger partial charge in [0.25, 0.3) is 11.6 Å². The molecule has 1 amide bonds. The minimum absolute atomic E-state index is 0.0166. The monoisotopic (exact) mass is 404 g/mol. The SMILES string of the molecule is CCCN1C(=S)N[C@@H](c2cccc([N+](=O)[O-])c2)C(C(=O)N2CCOCC2)=C1C. The highest BCUT2D eigenvalue weighted by molar-refractivity contribution is 7.80. The number of hydrogen-bond acceptors (Lipinski definition) is 5. The highest BCUT2D eigenvalue weighted by atomic mass is 32.1. The van der Waals surface area contributed by atoms with Gasteiger partial charge < -0.3 is 19.9 Å². The minimum atomic E-state index is -0.532. The first-order valence-corrected chi connectivity index (χ1v) is 9.75. The summed E-state index contributed by atoms with van der Waals surface area (Å²) in [6, 6.07) is 5.81. The average Bonchev–Trinajstić information content (AvgIpc) is 2.71. The quantitative estimate of drug-likeness (QED) is 0.458. The van der Waals surface area contributed by atoms with E-state index in [2.05, 4.69) is 5.32 Å². The number of thiocarbonyl (C=S) groups is 1. The second kappa shape index (κ2) is 8.66. The molecular weight excluding hydrogens is 380 g/mol. The zero-order valence-corrected chi connectivity index (χ0v) is 16.8. The summed E-state index contributed by atoms with van der Waals surface area (Å²) in [7, 11) is 0. The number of morpholine rings is 1. The van der Waals surface area contributed by atoms with Gasteiger partial charge in [0.15, 0.2) is 5.11 Å². The normalized spacial score (nSPS) is 20.2. The Morgan fingerprint density at radius 2 is 2.11 bits per heavy atom. The Balaban J connectivity index is 2.05. The Labute approximate surface area is 169 Å². The standard InChI is InChI=1S/C19H24N4O4S/c1-3-7-22-13(2)16(18(24)21-8-10-27-11-9-21)17(20-19(22)28)14-5-4-6-15(12-14)23(25)26/h4-6,12,17H,3,7-11H2,1-2H3,(H,20,28)/t17-/m0/s1. The number of nitro groups is 1. The van der Waals surface area contributed by atoms with Crippen LogP contribution in [0.15, 0.2) is 35.5 Å². The zero-order valence-electron chi connectivity index (χ0n) is 16.0. The summed E-state index contributed by atoms with van der Waals surface area (Å²) in [5.74, 6) is -0.0894. The second-order valence-corrected chi connectivity index (χ2v) is 7.18. The molecule has 0 saturated carbocycles. The first-order chi connectivity index (χ1) is 13.4. The second-order valence-electron chi connectivity index (χ2n) is 6.79. The summed E-state index contributed by atoms with van der Waals surface area (Å²) in [6.07, 6.45) is 0.875. The molecule has 2 aliphatic heterocycles. The number of carbonyl (C=O) groups excluding carboxylic acids is 1. The Hall–Kier alpha value is -2.52. The van der Waals surface area contributed by atoms with Crippen molar-refractivity contribution in [2.45, 2.75) is 26.3 Å². The van der Waals surface area contributed by atoms with Crippen molar-refractivity contribution in [2.75, 3.05) is 32.8 Å². The molecule has 28 heavy (non-hydrogen) atoms. The van der Waals surface area contributed by atoms with Gasteiger partial charge in [-0.05, 0) is 31.1 Å². The summed E-state index contributed by atoms with van der Waals surface area (Å²) >= 11 is 5.53. The molecular formula is C19H24N4O4S. The summed E-state index contributed by atoms with van der Waals surface area (Å²) in [5, 5.41) is 15.0. The van der Waals surface area contributed by atoms with E-state index in [0.717, 1.165) is 12.1 Å². The highest BCUT2D eigenvalue weighted by Gasteiger charge is 2.36. The average molecular weight is 404 g/mol. The maximum absolute atomic E-state index is 13.4. The van der Waals surface area contributed by atoms with Crippen LogP contribution in [-0.4, -0.2) is 58.6 Å². The Kier molecular flexibility index (Phi) is 6.25. The van der Waals surface area contributed by atoms with Crippen LogP contribution >= 0.6 is 12.2 Å². The van der Waals surface area contributed by atoms with E-state index < -0.39 is 11.0 Å². The van der Waals surface area contributed by atoms with Crippen molar-refractivity contribution in [3.8, 4) is 0 Å². The number of nitrogens with zero attached hydrogens (tertiary/aromatic N) is 3. The maximum Gasteiger partial charge on any atom is 0.269 e. The van der Waals surface area contributed by atoms with Crippen molar-refractivity contribution in [3.05, 3.63) is 51.2 Å². The molecule has 1 aromatic carbocycles. The molecule has 0 radical (unpaired) electrons. The van der Waals surface area contributed by atoms with E-state index in [-0.39, 0.29) is 11.6 Å². The molecule has 0 aliphatic carbocycles. The first kappa shape index (κ1) is 20.2. The molecule has 150 valence electrons. The van der Waals surface area contributed by atoms with Crippen LogP contribution in [0.3, 0.4) is 0 Å². The number of carbonyl (C=O) groups is 1. The number of hydrogen-bond donors (Lipinski definition) is 1. The number of amides is 1. The molecule has 1 N–H and O–H groups in total. The van der Waals surface area contributed by atoms with Gasteiger partial charge in [0.1, 0.15) is 0 Å². The molecule has 1 fully saturated rings. The smallest absolute Gasteiger partial charge is 0.269 e. The molecule has 0 bridgehead atoms. The van der Waals surface area contributed by atoms with Crippen molar-refractivity contribution in [2.24, 2.45) is 0 Å². The van der Waals surface area contributed by atoms with E-state index >= 15 is 0 Å². The number of allylic oxidation sites excluding steroid dienone is 1. The molecule has 0 unspecified atom stereocenters. The topological polar surface area (TPSA) is 87.9 Å². The third-order valence-corrected chi connectivity index (χ3v) is 5.32. The molecule has 1 atom stereocenters. The number of nitrogens with one attached hydrogen (secondary N) is 1. The van der Waals surface area contributed by atoms with Crippen molar-refractivity contribution in [3.63, 3.8) is 0 Å². The fourth-order valence-electron chi connectivity index (χ4n) is 3.56. The predicted molar refractivity (Wildman–Crippen MR) is 109 cm³/mol. The summed E-state index contributed by atoms with van der Waals surface area (Å²) < 4.78 is 5.36. The number of benzene rings is 1. The van der Waals surface area contributed by atoms with Crippen molar-refractivity contribution < 1.29 is 14.5 Å². The molecule has 0 spiro atoms. The van der Waals surface area contributed by atoms with Crippen molar-refractivity contribution in [1.29, 1.82) is 0 Å². The lowest BCUT2D eigenvalue weighted by Crippen LogP contribution is -2.51. The lowest BCUT2D eigenvalue weighted by molar-refractivity contribution is -0.384. The van der Waals surface area contributed by atoms with E-state index in [9.17, 15) is 14.9 Å². The van der Waals surface area contributed by atoms with Crippen LogP contribution in [0.2, 0.25) is 0 Å². The van der Waals surface area contributed by atoms with Gasteiger partial charge in [-0.3, -0.25) is 14.9 Å². The molecule has 1 aromatic rings. The fraction of sp³-hybridized carbons (Fsp3) is 0.474. The first-order valence-electron chi connectivity index (χ1n) is 9.34. The summed E-state index contributed by atoms with van der Waals surface area (Å²) in [5.41, 5.74) is 1.99. The molecule has 2 aliphatic rings. The van der Waals surface area contributed by atoms with Gasteiger partial charge in [-0.2, -0.15) is 0 Å². The van der Waals surface area contributed by atoms with Gasteiger partial charge in [0.05, 0.1) is 29.8 Å². The van der Waals surface area contributed by atoms with Gasteiger partial charge in [0, 0.05) is 37.5 Å². The largest absolute Gasteiger partial charge is 0.378 e. The van der Waals surface area contributed by atoms with Crippen LogP contribution in [0, 0.1) is 10.1 Å². The van der Waals surface area contributed by atoms with Gasteiger partial charge in [-0.15, -0.1) is 0 Å². The van der Waals surface area contributed by atoms with E-state index in [0.29, 0.717) is 49.1 Å². The van der Waals surface area contributed by atoms with Gasteiger partial charge >= 0.3 is 0 Å². The molecule has 3 rings (SSSR count). The molecule has 2 heterocycles. The minimum Gasteiger partial charge on any atom is -0.378 e. The Morgan fingerprint density at radius 3 is 2.75 bits per heavy atom. The lowest BCUT2D eigenvalue weighted by Gasteiger charge is -2.39. The van der Waals surface area contributed by atoms with Gasteiger partial charge in [0.2, 0.25) is 0 Å². The Morgan fingerprint density at radius 1 is 1.39 bits per heavy atom. The van der Waals surface area contributed by atoms with Crippen LogP contribution in [0.5, 0.6) is 0 Å². The summed E-state index contributed by atoms with van der Waals surface area (Å²) in [4.78, 5) is 27.9. The van der Waals surface area contributed by atoms with Crippen molar-refractivity contribution in [1.82, 2.24) is 15.1 Å². The highest BCUT2D eigenvalue weighted by Crippen LogP contribution is 2.33. The number of non-ortho nitro benzene ring substituents is 1. The van der Waals surface area contributed by atoms with E-state index in [1.54, 1.807) is 17.0 Å². The van der Waals surface area contributed by atoms with E-state index in [1.165, 1.54) is 12.1 Å². The molecule has 0 aromatic heterocycles. The van der Waals surface area contributed by atoms with Crippen LogP contribution in [0.25, 0.3) is 0 Å². The van der Waals surface area contributed by atoms with Crippen molar-refractivity contribution >= 4 is 28.9 Å². The van der Waals surface area contributed by atoms with Crippen LogP contribution in [0.4, 0.5) is 5.69 Å². The fourth-order valence-corrected chi connectivity index (χ4v) is 3.90. The number of rotatable bonds is 5. The molecule has 8 nitrogen and oxygen atoms in total. The number of ether oxygens (including phenoxy) is 1. The lowest BCUT2D eigenvalue weighted by atomic mass is 9.93. The third-order valence-electron chi connectivity index (χ3n) is 4.99. The van der Waals surface area contributed by atoms with E-state index in [4.69, 9.17) is 17.0 Å². The van der Waals surface area contributed by atoms with Gasteiger partial charge in [-0.25, -0.2) is 0 Å². The predicted octanol–water partition coefficient (Wildman–Crippen LogP) is 2.37. The zero-order chi connectivity index (χ0) is 20.3. The third kappa shape index (κ3) is 4.00. The van der Waals surface area contributed by atoms with E-state index in [1.807, 2.05) is 18.7 Å². The van der Waals surface area contributed by atoms with Crippen LogP contribution in [0.1, 0.15) is 31.9 Å².